The quantitative estimate of drug-likeness (QED) is 0.713. The Morgan fingerprint density at radius 3 is 2.43 bits per heavy atom. The molecule has 0 spiro atoms. The van der Waals surface area contributed by atoms with Gasteiger partial charge >= 0.3 is 0 Å². The maximum atomic E-state index is 12.9. The molecule has 0 bridgehead atoms. The van der Waals surface area contributed by atoms with Crippen LogP contribution in [0.5, 0.6) is 5.75 Å². The SMILES string of the molecule is CCc1ccccc1OC(C)C(=O)Nc1c(C)n(C)n(-c2ccccc2)c1=O. The van der Waals surface area contributed by atoms with E-state index < -0.39 is 6.10 Å². The van der Waals surface area contributed by atoms with Gasteiger partial charge in [0.1, 0.15) is 11.4 Å². The zero-order valence-corrected chi connectivity index (χ0v) is 16.6. The third kappa shape index (κ3) is 3.71. The molecule has 1 aromatic heterocycles. The lowest BCUT2D eigenvalue weighted by atomic mass is 10.1. The number of hydrogen-bond acceptors (Lipinski definition) is 3. The summed E-state index contributed by atoms with van der Waals surface area (Å²) >= 11 is 0. The molecule has 0 saturated carbocycles. The Morgan fingerprint density at radius 2 is 1.75 bits per heavy atom. The first-order valence-electron chi connectivity index (χ1n) is 9.33. The third-order valence-electron chi connectivity index (χ3n) is 4.83. The lowest BCUT2D eigenvalue weighted by Gasteiger charge is -2.16. The van der Waals surface area contributed by atoms with Crippen LogP contribution in [0.3, 0.4) is 0 Å². The molecule has 6 nitrogen and oxygen atoms in total. The molecule has 0 aliphatic rings. The standard InChI is InChI=1S/C22H25N3O3/c1-5-17-11-9-10-14-19(17)28-16(3)21(26)23-20-15(2)24(4)25(22(20)27)18-12-7-6-8-13-18/h6-14,16H,5H2,1-4H3,(H,23,26). The van der Waals surface area contributed by atoms with Crippen molar-refractivity contribution in [3.63, 3.8) is 0 Å². The van der Waals surface area contributed by atoms with Gasteiger partial charge in [-0.3, -0.25) is 14.3 Å². The average molecular weight is 379 g/mol. The van der Waals surface area contributed by atoms with Crippen molar-refractivity contribution < 1.29 is 9.53 Å². The number of carbonyl (C=O) groups is 1. The molecule has 28 heavy (non-hydrogen) atoms. The highest BCUT2D eigenvalue weighted by atomic mass is 16.5. The fraction of sp³-hybridized carbons (Fsp3) is 0.273. The van der Waals surface area contributed by atoms with Gasteiger partial charge in [0.2, 0.25) is 0 Å². The maximum absolute atomic E-state index is 12.9. The van der Waals surface area contributed by atoms with Crippen molar-refractivity contribution in [3.05, 3.63) is 76.2 Å². The number of nitrogens with one attached hydrogen (secondary N) is 1. The highest BCUT2D eigenvalue weighted by molar-refractivity contribution is 5.94. The van der Waals surface area contributed by atoms with Crippen LogP contribution in [-0.2, 0) is 18.3 Å². The van der Waals surface area contributed by atoms with Gasteiger partial charge in [0.25, 0.3) is 11.5 Å². The molecule has 2 aromatic carbocycles. The summed E-state index contributed by atoms with van der Waals surface area (Å²) in [5.41, 5.74) is 2.42. The first-order chi connectivity index (χ1) is 13.4. The van der Waals surface area contributed by atoms with E-state index in [0.717, 1.165) is 17.7 Å². The third-order valence-corrected chi connectivity index (χ3v) is 4.83. The second-order valence-corrected chi connectivity index (χ2v) is 6.65. The fourth-order valence-electron chi connectivity index (χ4n) is 3.09. The van der Waals surface area contributed by atoms with Crippen LogP contribution < -0.4 is 15.6 Å². The number of para-hydroxylation sites is 2. The smallest absolute Gasteiger partial charge is 0.295 e. The van der Waals surface area contributed by atoms with E-state index in [9.17, 15) is 9.59 Å². The molecule has 1 heterocycles. The van der Waals surface area contributed by atoms with Crippen molar-refractivity contribution in [2.24, 2.45) is 7.05 Å². The monoisotopic (exact) mass is 379 g/mol. The fourth-order valence-corrected chi connectivity index (χ4v) is 3.09. The Kier molecular flexibility index (Phi) is 5.68. The molecule has 0 saturated heterocycles. The molecule has 1 unspecified atom stereocenters. The summed E-state index contributed by atoms with van der Waals surface area (Å²) in [6.45, 7) is 5.51. The molecule has 1 N–H and O–H groups in total. The Balaban J connectivity index is 1.84. The molecule has 3 rings (SSSR count). The van der Waals surface area contributed by atoms with Crippen molar-refractivity contribution in [2.45, 2.75) is 33.3 Å². The van der Waals surface area contributed by atoms with Gasteiger partial charge < -0.3 is 10.1 Å². The molecule has 3 aromatic rings. The van der Waals surface area contributed by atoms with Crippen molar-refractivity contribution >= 4 is 11.6 Å². The minimum atomic E-state index is -0.739. The van der Waals surface area contributed by atoms with Crippen molar-refractivity contribution in [2.75, 3.05) is 5.32 Å². The summed E-state index contributed by atoms with van der Waals surface area (Å²) in [6.07, 6.45) is 0.0706. The van der Waals surface area contributed by atoms with Gasteiger partial charge in [-0.2, -0.15) is 0 Å². The molecule has 0 aliphatic carbocycles. The lowest BCUT2D eigenvalue weighted by Crippen LogP contribution is -2.32. The number of aromatic nitrogens is 2. The van der Waals surface area contributed by atoms with Crippen LogP contribution in [0.2, 0.25) is 0 Å². The van der Waals surface area contributed by atoms with E-state index in [2.05, 4.69) is 5.32 Å². The van der Waals surface area contributed by atoms with Crippen LogP contribution in [0.4, 0.5) is 5.69 Å². The summed E-state index contributed by atoms with van der Waals surface area (Å²) in [5, 5.41) is 2.75. The van der Waals surface area contributed by atoms with Crippen LogP contribution in [0.25, 0.3) is 5.69 Å². The maximum Gasteiger partial charge on any atom is 0.295 e. The predicted molar refractivity (Wildman–Crippen MR) is 110 cm³/mol. The van der Waals surface area contributed by atoms with Crippen LogP contribution >= 0.6 is 0 Å². The Labute approximate surface area is 164 Å². The number of hydrogen-bond donors (Lipinski definition) is 1. The molecule has 0 aliphatic heterocycles. The zero-order valence-electron chi connectivity index (χ0n) is 16.6. The first kappa shape index (κ1) is 19.5. The summed E-state index contributed by atoms with van der Waals surface area (Å²) in [4.78, 5) is 25.6. The van der Waals surface area contributed by atoms with E-state index >= 15 is 0 Å². The van der Waals surface area contributed by atoms with E-state index in [0.29, 0.717) is 11.4 Å². The number of anilines is 1. The van der Waals surface area contributed by atoms with Crippen LogP contribution in [-0.4, -0.2) is 21.4 Å². The van der Waals surface area contributed by atoms with Gasteiger partial charge in [-0.15, -0.1) is 0 Å². The van der Waals surface area contributed by atoms with E-state index in [4.69, 9.17) is 4.74 Å². The van der Waals surface area contributed by atoms with Gasteiger partial charge in [0, 0.05) is 7.05 Å². The van der Waals surface area contributed by atoms with Crippen molar-refractivity contribution in [3.8, 4) is 11.4 Å². The second-order valence-electron chi connectivity index (χ2n) is 6.65. The molecule has 1 atom stereocenters. The summed E-state index contributed by atoms with van der Waals surface area (Å²) < 4.78 is 9.10. The van der Waals surface area contributed by atoms with Crippen LogP contribution in [0.1, 0.15) is 25.1 Å². The van der Waals surface area contributed by atoms with E-state index in [1.165, 1.54) is 4.68 Å². The van der Waals surface area contributed by atoms with E-state index in [1.807, 2.05) is 61.5 Å². The van der Waals surface area contributed by atoms with Crippen LogP contribution in [0, 0.1) is 6.92 Å². The Bertz CT molecular complexity index is 1030. The molecule has 146 valence electrons. The normalized spacial score (nSPS) is 11.9. The van der Waals surface area contributed by atoms with E-state index in [-0.39, 0.29) is 17.2 Å². The highest BCUT2D eigenvalue weighted by Crippen LogP contribution is 2.20. The van der Waals surface area contributed by atoms with Crippen LogP contribution in [0.15, 0.2) is 59.4 Å². The molecular weight excluding hydrogens is 354 g/mol. The molecular formula is C22H25N3O3. The number of carbonyl (C=O) groups excluding carboxylic acids is 1. The largest absolute Gasteiger partial charge is 0.481 e. The molecule has 1 amide bonds. The number of amides is 1. The predicted octanol–water partition coefficient (Wildman–Crippen LogP) is 3.45. The molecule has 0 radical (unpaired) electrons. The number of ether oxygens (including phenoxy) is 1. The van der Waals surface area contributed by atoms with Crippen molar-refractivity contribution in [1.29, 1.82) is 0 Å². The minimum absolute atomic E-state index is 0.260. The van der Waals surface area contributed by atoms with Gasteiger partial charge in [0.15, 0.2) is 6.10 Å². The summed E-state index contributed by atoms with van der Waals surface area (Å²) in [5.74, 6) is 0.316. The van der Waals surface area contributed by atoms with Gasteiger partial charge in [-0.25, -0.2) is 4.68 Å². The van der Waals surface area contributed by atoms with Gasteiger partial charge in [0.05, 0.1) is 11.4 Å². The summed E-state index contributed by atoms with van der Waals surface area (Å²) in [7, 11) is 1.79. The number of nitrogens with zero attached hydrogens (tertiary/aromatic N) is 2. The first-order valence-corrected chi connectivity index (χ1v) is 9.33. The Morgan fingerprint density at radius 1 is 1.11 bits per heavy atom. The second kappa shape index (κ2) is 8.17. The molecule has 0 fully saturated rings. The number of benzene rings is 2. The Hall–Kier alpha value is -3.28. The topological polar surface area (TPSA) is 65.3 Å². The average Bonchev–Trinajstić information content (AvgIpc) is 2.92. The number of aryl methyl sites for hydroxylation is 1. The van der Waals surface area contributed by atoms with Gasteiger partial charge in [-0.1, -0.05) is 43.3 Å². The summed E-state index contributed by atoms with van der Waals surface area (Å²) in [6, 6.07) is 16.9. The van der Waals surface area contributed by atoms with Crippen molar-refractivity contribution in [1.82, 2.24) is 9.36 Å². The molecule has 6 heteroatoms. The zero-order chi connectivity index (χ0) is 20.3. The van der Waals surface area contributed by atoms with E-state index in [1.54, 1.807) is 25.6 Å². The number of rotatable bonds is 6. The minimum Gasteiger partial charge on any atom is -0.481 e. The highest BCUT2D eigenvalue weighted by Gasteiger charge is 2.22. The lowest BCUT2D eigenvalue weighted by molar-refractivity contribution is -0.122. The van der Waals surface area contributed by atoms with Gasteiger partial charge in [-0.05, 0) is 44.0 Å².